The fourth-order valence-electron chi connectivity index (χ4n) is 2.16. The van der Waals surface area contributed by atoms with E-state index in [1.807, 2.05) is 49.7 Å². The van der Waals surface area contributed by atoms with Gasteiger partial charge in [-0.25, -0.2) is 4.98 Å². The molecule has 0 radical (unpaired) electrons. The lowest BCUT2D eigenvalue weighted by Crippen LogP contribution is -2.13. The highest BCUT2D eigenvalue weighted by Crippen LogP contribution is 2.12. The van der Waals surface area contributed by atoms with Gasteiger partial charge >= 0.3 is 0 Å². The molecule has 1 heterocycles. The molecular weight excluding hydrogens is 224 g/mol. The number of aryl methyl sites for hydroxylation is 3. The van der Waals surface area contributed by atoms with Gasteiger partial charge < -0.3 is 4.57 Å². The van der Waals surface area contributed by atoms with E-state index in [4.69, 9.17) is 0 Å². The van der Waals surface area contributed by atoms with Crippen LogP contribution in [0.5, 0.6) is 0 Å². The summed E-state index contributed by atoms with van der Waals surface area (Å²) in [5, 5.41) is 0. The second-order valence-corrected chi connectivity index (χ2v) is 4.57. The van der Waals surface area contributed by atoms with Crippen molar-refractivity contribution in [2.24, 2.45) is 0 Å². The zero-order valence-electron chi connectivity index (χ0n) is 11.1. The Morgan fingerprint density at radius 2 is 2.11 bits per heavy atom. The van der Waals surface area contributed by atoms with Gasteiger partial charge in [0.15, 0.2) is 5.78 Å². The summed E-state index contributed by atoms with van der Waals surface area (Å²) < 4.78 is 1.92. The van der Waals surface area contributed by atoms with E-state index in [2.05, 4.69) is 4.98 Å². The van der Waals surface area contributed by atoms with Gasteiger partial charge in [-0.15, -0.1) is 0 Å². The van der Waals surface area contributed by atoms with Gasteiger partial charge in [-0.3, -0.25) is 4.79 Å². The lowest BCUT2D eigenvalue weighted by Gasteiger charge is -2.08. The summed E-state index contributed by atoms with van der Waals surface area (Å²) >= 11 is 0. The number of rotatable bonds is 4. The van der Waals surface area contributed by atoms with Crippen molar-refractivity contribution >= 4 is 5.78 Å². The maximum absolute atomic E-state index is 12.3. The van der Waals surface area contributed by atoms with Crippen molar-refractivity contribution in [3.63, 3.8) is 0 Å². The van der Waals surface area contributed by atoms with Crippen molar-refractivity contribution in [3.8, 4) is 0 Å². The molecule has 0 atom stereocenters. The van der Waals surface area contributed by atoms with E-state index in [0.717, 1.165) is 23.4 Å². The van der Waals surface area contributed by atoms with Gasteiger partial charge in [-0.05, 0) is 19.4 Å². The van der Waals surface area contributed by atoms with Gasteiger partial charge in [0.25, 0.3) is 0 Å². The van der Waals surface area contributed by atoms with Gasteiger partial charge in [-0.1, -0.05) is 30.7 Å². The Morgan fingerprint density at radius 1 is 1.33 bits per heavy atom. The smallest absolute Gasteiger partial charge is 0.182 e. The maximum atomic E-state index is 12.3. The van der Waals surface area contributed by atoms with Crippen molar-refractivity contribution in [2.45, 2.75) is 33.7 Å². The predicted octanol–water partition coefficient (Wildman–Crippen LogP) is 2.95. The zero-order valence-corrected chi connectivity index (χ0v) is 11.1. The van der Waals surface area contributed by atoms with Crippen LogP contribution in [0.15, 0.2) is 30.6 Å². The Kier molecular flexibility index (Phi) is 3.60. The van der Waals surface area contributed by atoms with Crippen LogP contribution in [0.3, 0.4) is 0 Å². The Balaban J connectivity index is 2.22. The molecule has 0 bridgehead atoms. The Bertz CT molecular complexity index is 570. The molecule has 0 amide bonds. The Morgan fingerprint density at radius 3 is 2.78 bits per heavy atom. The Labute approximate surface area is 107 Å². The van der Waals surface area contributed by atoms with E-state index in [9.17, 15) is 4.79 Å². The average molecular weight is 242 g/mol. The normalized spacial score (nSPS) is 10.6. The van der Waals surface area contributed by atoms with Crippen molar-refractivity contribution in [1.29, 1.82) is 0 Å². The molecule has 1 aromatic carbocycles. The molecule has 0 aliphatic carbocycles. The molecule has 0 N–H and O–H groups in total. The van der Waals surface area contributed by atoms with Crippen LogP contribution in [0, 0.1) is 13.8 Å². The minimum Gasteiger partial charge on any atom is -0.327 e. The van der Waals surface area contributed by atoms with Crippen molar-refractivity contribution < 1.29 is 4.79 Å². The highest BCUT2D eigenvalue weighted by molar-refractivity contribution is 5.97. The monoisotopic (exact) mass is 242 g/mol. The number of carbonyl (C=O) groups excluding carboxylic acids is 1. The van der Waals surface area contributed by atoms with Crippen molar-refractivity contribution in [1.82, 2.24) is 9.55 Å². The summed E-state index contributed by atoms with van der Waals surface area (Å²) in [6.07, 6.45) is 4.45. The van der Waals surface area contributed by atoms with Crippen molar-refractivity contribution in [2.75, 3.05) is 0 Å². The number of benzene rings is 1. The molecule has 0 fully saturated rings. The topological polar surface area (TPSA) is 34.9 Å². The Hall–Kier alpha value is -1.90. The molecule has 1 aromatic heterocycles. The minimum absolute atomic E-state index is 0.139. The highest BCUT2D eigenvalue weighted by atomic mass is 16.1. The summed E-state index contributed by atoms with van der Waals surface area (Å²) in [6.45, 7) is 6.43. The van der Waals surface area contributed by atoms with Crippen LogP contribution in [-0.4, -0.2) is 15.3 Å². The standard InChI is InChI=1S/C15H18N2O/c1-4-15-16-7-8-17(15)10-14(18)13-6-5-11(2)9-12(13)3/h5-9H,4,10H2,1-3H3. The number of nitrogens with zero attached hydrogens (tertiary/aromatic N) is 2. The number of hydrogen-bond donors (Lipinski definition) is 0. The van der Waals surface area contributed by atoms with Crippen LogP contribution in [0.1, 0.15) is 34.2 Å². The third-order valence-electron chi connectivity index (χ3n) is 3.11. The lowest BCUT2D eigenvalue weighted by atomic mass is 10.0. The number of aromatic nitrogens is 2. The molecule has 2 aromatic rings. The molecule has 0 unspecified atom stereocenters. The molecule has 0 aliphatic rings. The molecule has 0 saturated carbocycles. The van der Waals surface area contributed by atoms with Crippen LogP contribution in [0.4, 0.5) is 0 Å². The van der Waals surface area contributed by atoms with Gasteiger partial charge in [0.1, 0.15) is 5.82 Å². The van der Waals surface area contributed by atoms with E-state index in [1.165, 1.54) is 5.56 Å². The number of carbonyl (C=O) groups is 1. The van der Waals surface area contributed by atoms with E-state index in [-0.39, 0.29) is 5.78 Å². The second kappa shape index (κ2) is 5.17. The predicted molar refractivity (Wildman–Crippen MR) is 71.9 cm³/mol. The summed E-state index contributed by atoms with van der Waals surface area (Å²) in [5.41, 5.74) is 3.02. The maximum Gasteiger partial charge on any atom is 0.182 e. The van der Waals surface area contributed by atoms with E-state index < -0.39 is 0 Å². The quantitative estimate of drug-likeness (QED) is 0.773. The molecular formula is C15H18N2O. The number of ketones is 1. The molecule has 2 rings (SSSR count). The molecule has 3 nitrogen and oxygen atoms in total. The number of hydrogen-bond acceptors (Lipinski definition) is 2. The first kappa shape index (κ1) is 12.6. The van der Waals surface area contributed by atoms with Crippen LogP contribution >= 0.6 is 0 Å². The molecule has 0 spiro atoms. The first-order valence-electron chi connectivity index (χ1n) is 6.22. The molecule has 94 valence electrons. The van der Waals surface area contributed by atoms with Gasteiger partial charge in [0, 0.05) is 24.4 Å². The fraction of sp³-hybridized carbons (Fsp3) is 0.333. The largest absolute Gasteiger partial charge is 0.327 e. The first-order valence-corrected chi connectivity index (χ1v) is 6.22. The van der Waals surface area contributed by atoms with Crippen molar-refractivity contribution in [3.05, 3.63) is 53.1 Å². The van der Waals surface area contributed by atoms with Gasteiger partial charge in [0.2, 0.25) is 0 Å². The van der Waals surface area contributed by atoms with Crippen LogP contribution in [0.2, 0.25) is 0 Å². The average Bonchev–Trinajstić information content (AvgIpc) is 2.76. The summed E-state index contributed by atoms with van der Waals surface area (Å²) in [5.74, 6) is 1.09. The summed E-state index contributed by atoms with van der Waals surface area (Å²) in [4.78, 5) is 16.5. The lowest BCUT2D eigenvalue weighted by molar-refractivity contribution is 0.0970. The van der Waals surface area contributed by atoms with Gasteiger partial charge in [-0.2, -0.15) is 0 Å². The SMILES string of the molecule is CCc1nccn1CC(=O)c1ccc(C)cc1C. The van der Waals surface area contributed by atoms with E-state index in [0.29, 0.717) is 6.54 Å². The van der Waals surface area contributed by atoms with E-state index >= 15 is 0 Å². The summed E-state index contributed by atoms with van der Waals surface area (Å²) in [7, 11) is 0. The minimum atomic E-state index is 0.139. The number of Topliss-reactive ketones (excluding diaryl/α,β-unsaturated/α-hetero) is 1. The van der Waals surface area contributed by atoms with Crippen LogP contribution < -0.4 is 0 Å². The fourth-order valence-corrected chi connectivity index (χ4v) is 2.16. The van der Waals surface area contributed by atoms with Crippen LogP contribution in [0.25, 0.3) is 0 Å². The van der Waals surface area contributed by atoms with Gasteiger partial charge in [0.05, 0.1) is 6.54 Å². The molecule has 0 saturated heterocycles. The molecule has 18 heavy (non-hydrogen) atoms. The van der Waals surface area contributed by atoms with Crippen LogP contribution in [-0.2, 0) is 13.0 Å². The molecule has 3 heteroatoms. The number of imidazole rings is 1. The van der Waals surface area contributed by atoms with E-state index in [1.54, 1.807) is 6.20 Å². The first-order chi connectivity index (χ1) is 8.61. The third kappa shape index (κ3) is 2.50. The highest BCUT2D eigenvalue weighted by Gasteiger charge is 2.11. The zero-order chi connectivity index (χ0) is 13.1. The molecule has 0 aliphatic heterocycles. The second-order valence-electron chi connectivity index (χ2n) is 4.57. The third-order valence-corrected chi connectivity index (χ3v) is 3.11. The summed E-state index contributed by atoms with van der Waals surface area (Å²) in [6, 6.07) is 5.94.